The van der Waals surface area contributed by atoms with Gasteiger partial charge in [-0.2, -0.15) is 0 Å². The zero-order valence-corrected chi connectivity index (χ0v) is 8.48. The Morgan fingerprint density at radius 2 is 1.92 bits per heavy atom. The van der Waals surface area contributed by atoms with Crippen LogP contribution < -0.4 is 0 Å². The second kappa shape index (κ2) is 3.02. The molecule has 0 radical (unpaired) electrons. The first-order chi connectivity index (χ1) is 6.20. The van der Waals surface area contributed by atoms with Crippen LogP contribution in [0.15, 0.2) is 18.7 Å². The number of hydrogen-bond donors (Lipinski definition) is 0. The van der Waals surface area contributed by atoms with Gasteiger partial charge in [0.2, 0.25) is 0 Å². The van der Waals surface area contributed by atoms with Crippen molar-refractivity contribution in [2.75, 3.05) is 0 Å². The molecule has 0 aromatic heterocycles. The highest BCUT2D eigenvalue weighted by atomic mass is 14.2. The number of hydrogen-bond acceptors (Lipinski definition) is 0. The van der Waals surface area contributed by atoms with Crippen LogP contribution in [0, 0.1) is 6.92 Å². The number of fused-ring (bicyclic) bond motifs is 1. The van der Waals surface area contributed by atoms with E-state index in [1.54, 1.807) is 11.1 Å². The number of benzene rings is 1. The molecule has 0 saturated carbocycles. The van der Waals surface area contributed by atoms with Crippen LogP contribution in [0.25, 0.3) is 5.57 Å². The van der Waals surface area contributed by atoms with Crippen LogP contribution in [0.3, 0.4) is 0 Å². The summed E-state index contributed by atoms with van der Waals surface area (Å²) in [5.41, 5.74) is 7.20. The molecule has 1 aromatic carbocycles. The van der Waals surface area contributed by atoms with Crippen LogP contribution in [0.5, 0.6) is 0 Å². The van der Waals surface area contributed by atoms with E-state index in [4.69, 9.17) is 0 Å². The Labute approximate surface area is 80.3 Å². The monoisotopic (exact) mass is 172 g/mol. The van der Waals surface area contributed by atoms with Gasteiger partial charge >= 0.3 is 0 Å². The summed E-state index contributed by atoms with van der Waals surface area (Å²) in [6.07, 6.45) is 3.84. The second-order valence-corrected chi connectivity index (χ2v) is 4.02. The topological polar surface area (TPSA) is 0 Å². The summed E-state index contributed by atoms with van der Waals surface area (Å²) in [5, 5.41) is 0. The predicted molar refractivity (Wildman–Crippen MR) is 57.9 cm³/mol. The van der Waals surface area contributed by atoms with Gasteiger partial charge in [0.1, 0.15) is 0 Å². The van der Waals surface area contributed by atoms with Gasteiger partial charge in [-0.1, -0.05) is 24.3 Å². The van der Waals surface area contributed by atoms with Crippen LogP contribution in [-0.4, -0.2) is 0 Å². The van der Waals surface area contributed by atoms with Gasteiger partial charge in [-0.15, -0.1) is 0 Å². The molecule has 13 heavy (non-hydrogen) atoms. The third kappa shape index (κ3) is 1.31. The molecular weight excluding hydrogens is 156 g/mol. The van der Waals surface area contributed by atoms with Gasteiger partial charge in [-0.25, -0.2) is 0 Å². The molecule has 0 bridgehead atoms. The molecule has 0 fully saturated rings. The number of aryl methyl sites for hydroxylation is 1. The highest BCUT2D eigenvalue weighted by molar-refractivity contribution is 5.67. The van der Waals surface area contributed by atoms with Gasteiger partial charge in [0, 0.05) is 0 Å². The zero-order chi connectivity index (χ0) is 9.42. The summed E-state index contributed by atoms with van der Waals surface area (Å²) in [4.78, 5) is 0. The van der Waals surface area contributed by atoms with Crippen molar-refractivity contribution in [1.29, 1.82) is 0 Å². The Morgan fingerprint density at radius 3 is 2.62 bits per heavy atom. The molecule has 0 atom stereocenters. The molecule has 0 heterocycles. The Morgan fingerprint density at radius 1 is 1.23 bits per heavy atom. The average Bonchev–Trinajstić information content (AvgIpc) is 2.53. The number of allylic oxidation sites excluding steroid dienone is 1. The van der Waals surface area contributed by atoms with Crippen LogP contribution >= 0.6 is 0 Å². The maximum atomic E-state index is 4.03. The summed E-state index contributed by atoms with van der Waals surface area (Å²) < 4.78 is 0. The first-order valence-corrected chi connectivity index (χ1v) is 4.97. The van der Waals surface area contributed by atoms with E-state index in [-0.39, 0.29) is 0 Å². The Balaban J connectivity index is 2.62. The molecule has 1 aliphatic rings. The van der Waals surface area contributed by atoms with Gasteiger partial charge in [0.25, 0.3) is 0 Å². The van der Waals surface area contributed by atoms with Crippen molar-refractivity contribution in [3.05, 3.63) is 41.0 Å². The van der Waals surface area contributed by atoms with Crippen molar-refractivity contribution in [3.63, 3.8) is 0 Å². The van der Waals surface area contributed by atoms with Crippen LogP contribution in [0.4, 0.5) is 0 Å². The molecule has 0 amide bonds. The highest BCUT2D eigenvalue weighted by Crippen LogP contribution is 2.31. The Bertz CT molecular complexity index is 359. The molecule has 1 aliphatic carbocycles. The summed E-state index contributed by atoms with van der Waals surface area (Å²) in [7, 11) is 0. The molecule has 0 nitrogen and oxygen atoms in total. The fourth-order valence-electron chi connectivity index (χ4n) is 2.29. The Kier molecular flexibility index (Phi) is 1.99. The van der Waals surface area contributed by atoms with Crippen LogP contribution in [-0.2, 0) is 12.8 Å². The molecule has 0 unspecified atom stereocenters. The second-order valence-electron chi connectivity index (χ2n) is 4.02. The molecule has 2 rings (SSSR count). The largest absolute Gasteiger partial charge is 0.0955 e. The standard InChI is InChI=1S/C13H16/c1-9(2)11-8-7-10(3)12-5-4-6-13(11)12/h7-8H,1,4-6H2,2-3H3. The first kappa shape index (κ1) is 8.55. The van der Waals surface area contributed by atoms with E-state index >= 15 is 0 Å². The Hall–Kier alpha value is -1.04. The maximum Gasteiger partial charge on any atom is -0.0198 e. The molecule has 0 heteroatoms. The minimum absolute atomic E-state index is 1.21. The lowest BCUT2D eigenvalue weighted by Gasteiger charge is -2.10. The molecular formula is C13H16. The van der Waals surface area contributed by atoms with Crippen molar-refractivity contribution in [2.24, 2.45) is 0 Å². The molecule has 1 aromatic rings. The van der Waals surface area contributed by atoms with E-state index in [2.05, 4.69) is 32.6 Å². The van der Waals surface area contributed by atoms with E-state index in [1.807, 2.05) is 0 Å². The molecule has 68 valence electrons. The first-order valence-electron chi connectivity index (χ1n) is 4.97. The zero-order valence-electron chi connectivity index (χ0n) is 8.48. The minimum atomic E-state index is 1.21. The van der Waals surface area contributed by atoms with Crippen molar-refractivity contribution in [3.8, 4) is 0 Å². The van der Waals surface area contributed by atoms with Crippen molar-refractivity contribution in [1.82, 2.24) is 0 Å². The summed E-state index contributed by atoms with van der Waals surface area (Å²) in [6.45, 7) is 8.35. The molecule has 0 N–H and O–H groups in total. The third-order valence-corrected chi connectivity index (χ3v) is 2.98. The fourth-order valence-corrected chi connectivity index (χ4v) is 2.29. The van der Waals surface area contributed by atoms with E-state index < -0.39 is 0 Å². The van der Waals surface area contributed by atoms with Gasteiger partial charge < -0.3 is 0 Å². The van der Waals surface area contributed by atoms with E-state index in [9.17, 15) is 0 Å². The van der Waals surface area contributed by atoms with E-state index in [1.165, 1.54) is 36.0 Å². The van der Waals surface area contributed by atoms with Crippen LogP contribution in [0.1, 0.15) is 35.6 Å². The lowest BCUT2D eigenvalue weighted by atomic mass is 9.95. The number of rotatable bonds is 1. The fraction of sp³-hybridized carbons (Fsp3) is 0.385. The quantitative estimate of drug-likeness (QED) is 0.608. The molecule has 0 saturated heterocycles. The van der Waals surface area contributed by atoms with Crippen molar-refractivity contribution < 1.29 is 0 Å². The lowest BCUT2D eigenvalue weighted by Crippen LogP contribution is -1.92. The van der Waals surface area contributed by atoms with Crippen LogP contribution in [0.2, 0.25) is 0 Å². The van der Waals surface area contributed by atoms with Crippen molar-refractivity contribution in [2.45, 2.75) is 33.1 Å². The average molecular weight is 172 g/mol. The SMILES string of the molecule is C=C(C)c1ccc(C)c2c1CCC2. The maximum absolute atomic E-state index is 4.03. The summed E-state index contributed by atoms with van der Waals surface area (Å²) >= 11 is 0. The predicted octanol–water partition coefficient (Wildman–Crippen LogP) is 3.52. The summed E-state index contributed by atoms with van der Waals surface area (Å²) in [6, 6.07) is 4.45. The smallest absolute Gasteiger partial charge is 0.0198 e. The van der Waals surface area contributed by atoms with Gasteiger partial charge in [-0.3, -0.25) is 0 Å². The van der Waals surface area contributed by atoms with E-state index in [0.717, 1.165) is 0 Å². The summed E-state index contributed by atoms with van der Waals surface area (Å²) in [5.74, 6) is 0. The molecule has 0 aliphatic heterocycles. The normalized spacial score (nSPS) is 14.3. The molecule has 0 spiro atoms. The van der Waals surface area contributed by atoms with Gasteiger partial charge in [0.05, 0.1) is 0 Å². The van der Waals surface area contributed by atoms with E-state index in [0.29, 0.717) is 0 Å². The van der Waals surface area contributed by atoms with Crippen molar-refractivity contribution >= 4 is 5.57 Å². The van der Waals surface area contributed by atoms with Gasteiger partial charge in [0.15, 0.2) is 0 Å². The third-order valence-electron chi connectivity index (χ3n) is 2.98. The minimum Gasteiger partial charge on any atom is -0.0955 e. The highest BCUT2D eigenvalue weighted by Gasteiger charge is 2.16. The van der Waals surface area contributed by atoms with Gasteiger partial charge in [-0.05, 0) is 55.4 Å². The lowest BCUT2D eigenvalue weighted by molar-refractivity contribution is 0.908.